The van der Waals surface area contributed by atoms with Crippen LogP contribution < -0.4 is 4.57 Å². The molecule has 0 saturated heterocycles. The highest BCUT2D eigenvalue weighted by atomic mass is 32.2. The molecule has 3 heteroatoms. The largest absolute Gasteiger partial charge is 0.212 e. The van der Waals surface area contributed by atoms with Crippen molar-refractivity contribution >= 4 is 22.7 Å². The second-order valence-corrected chi connectivity index (χ2v) is 9.67. The Labute approximate surface area is 184 Å². The molecular formula is C27H31N2S+. The third-order valence-electron chi connectivity index (χ3n) is 6.26. The number of pyridine rings is 1. The van der Waals surface area contributed by atoms with Crippen molar-refractivity contribution in [1.82, 2.24) is 0 Å². The number of aryl methyl sites for hydroxylation is 1. The summed E-state index contributed by atoms with van der Waals surface area (Å²) in [6, 6.07) is 21.0. The van der Waals surface area contributed by atoms with Gasteiger partial charge in [-0.3, -0.25) is 0 Å². The fraction of sp³-hybridized carbons (Fsp3) is 0.407. The topological polar surface area (TPSA) is 27.7 Å². The summed E-state index contributed by atoms with van der Waals surface area (Å²) in [7, 11) is 0. The molecule has 2 aromatic carbocycles. The van der Waals surface area contributed by atoms with Gasteiger partial charge in [0, 0.05) is 22.8 Å². The molecular weight excluding hydrogens is 384 g/mol. The molecule has 4 rings (SSSR count). The SMILES string of the molecule is N#Cc1cccc(Sc2cc3ccccc3[n+](CCCCCC3CCCCC3)c2)c1. The van der Waals surface area contributed by atoms with Crippen molar-refractivity contribution in [2.75, 3.05) is 0 Å². The molecule has 2 nitrogen and oxygen atoms in total. The summed E-state index contributed by atoms with van der Waals surface area (Å²) in [6.45, 7) is 1.07. The van der Waals surface area contributed by atoms with E-state index in [0.717, 1.165) is 17.4 Å². The number of nitriles is 1. The van der Waals surface area contributed by atoms with Gasteiger partial charge in [-0.2, -0.15) is 9.83 Å². The van der Waals surface area contributed by atoms with Crippen LogP contribution in [0.5, 0.6) is 0 Å². The Morgan fingerprint density at radius 3 is 2.63 bits per heavy atom. The summed E-state index contributed by atoms with van der Waals surface area (Å²) in [5, 5.41) is 10.5. The minimum atomic E-state index is 0.714. The Morgan fingerprint density at radius 1 is 0.900 bits per heavy atom. The van der Waals surface area contributed by atoms with Crippen LogP contribution in [0.3, 0.4) is 0 Å². The second-order valence-electron chi connectivity index (χ2n) is 8.52. The summed E-state index contributed by atoms with van der Waals surface area (Å²) >= 11 is 1.74. The molecule has 0 bridgehead atoms. The maximum absolute atomic E-state index is 9.17. The summed E-state index contributed by atoms with van der Waals surface area (Å²) < 4.78 is 2.42. The Hall–Kier alpha value is -2.31. The number of unbranched alkanes of at least 4 members (excludes halogenated alkanes) is 2. The van der Waals surface area contributed by atoms with Crippen LogP contribution >= 0.6 is 11.8 Å². The van der Waals surface area contributed by atoms with Crippen LogP contribution in [0.15, 0.2) is 70.6 Å². The molecule has 30 heavy (non-hydrogen) atoms. The van der Waals surface area contributed by atoms with Crippen molar-refractivity contribution in [3.8, 4) is 6.07 Å². The van der Waals surface area contributed by atoms with Gasteiger partial charge >= 0.3 is 0 Å². The van der Waals surface area contributed by atoms with Crippen molar-refractivity contribution in [2.45, 2.75) is 74.1 Å². The lowest BCUT2D eigenvalue weighted by atomic mass is 9.85. The highest BCUT2D eigenvalue weighted by Crippen LogP contribution is 2.30. The first-order chi connectivity index (χ1) is 14.8. The fourth-order valence-electron chi connectivity index (χ4n) is 4.66. The first-order valence-electron chi connectivity index (χ1n) is 11.4. The average Bonchev–Trinajstić information content (AvgIpc) is 2.79. The van der Waals surface area contributed by atoms with Crippen LogP contribution in [0.25, 0.3) is 10.9 Å². The number of para-hydroxylation sites is 1. The first-order valence-corrected chi connectivity index (χ1v) is 12.2. The number of rotatable bonds is 8. The van der Waals surface area contributed by atoms with Crippen molar-refractivity contribution in [1.29, 1.82) is 5.26 Å². The Kier molecular flexibility index (Phi) is 7.43. The third kappa shape index (κ3) is 5.64. The van der Waals surface area contributed by atoms with E-state index in [1.165, 1.54) is 73.6 Å². The van der Waals surface area contributed by atoms with Gasteiger partial charge in [-0.1, -0.05) is 74.9 Å². The monoisotopic (exact) mass is 415 g/mol. The molecule has 0 radical (unpaired) electrons. The van der Waals surface area contributed by atoms with Gasteiger partial charge in [-0.25, -0.2) is 0 Å². The number of benzene rings is 2. The van der Waals surface area contributed by atoms with Crippen LogP contribution in [0, 0.1) is 17.2 Å². The highest BCUT2D eigenvalue weighted by Gasteiger charge is 2.14. The van der Waals surface area contributed by atoms with E-state index in [0.29, 0.717) is 5.56 Å². The van der Waals surface area contributed by atoms with E-state index in [4.69, 9.17) is 0 Å². The lowest BCUT2D eigenvalue weighted by Crippen LogP contribution is -2.34. The number of nitrogens with zero attached hydrogens (tertiary/aromatic N) is 2. The van der Waals surface area contributed by atoms with Crippen molar-refractivity contribution in [2.24, 2.45) is 5.92 Å². The molecule has 0 spiro atoms. The minimum absolute atomic E-state index is 0.714. The molecule has 1 aliphatic carbocycles. The minimum Gasteiger partial charge on any atom is -0.197 e. The Morgan fingerprint density at radius 2 is 1.77 bits per heavy atom. The lowest BCUT2D eigenvalue weighted by molar-refractivity contribution is -0.673. The Balaban J connectivity index is 1.41. The second kappa shape index (κ2) is 10.6. The number of hydrogen-bond donors (Lipinski definition) is 0. The molecule has 0 N–H and O–H groups in total. The Bertz CT molecular complexity index is 1010. The zero-order valence-electron chi connectivity index (χ0n) is 17.7. The average molecular weight is 416 g/mol. The number of aromatic nitrogens is 1. The van der Waals surface area contributed by atoms with E-state index in [1.807, 2.05) is 18.2 Å². The number of fused-ring (bicyclic) bond motifs is 1. The number of hydrogen-bond acceptors (Lipinski definition) is 2. The molecule has 1 aromatic heterocycles. The molecule has 0 unspecified atom stereocenters. The highest BCUT2D eigenvalue weighted by molar-refractivity contribution is 7.99. The maximum atomic E-state index is 9.17. The molecule has 1 aliphatic rings. The molecule has 0 amide bonds. The van der Waals surface area contributed by atoms with Crippen LogP contribution in [-0.2, 0) is 6.54 Å². The molecule has 0 aliphatic heterocycles. The van der Waals surface area contributed by atoms with Gasteiger partial charge in [0.2, 0.25) is 5.52 Å². The lowest BCUT2D eigenvalue weighted by Gasteiger charge is -2.21. The predicted molar refractivity (Wildman–Crippen MR) is 124 cm³/mol. The van der Waals surface area contributed by atoms with Crippen LogP contribution in [-0.4, -0.2) is 0 Å². The van der Waals surface area contributed by atoms with E-state index in [1.54, 1.807) is 11.8 Å². The standard InChI is InChI=1S/C27H31N2S/c28-20-23-13-9-15-25(18-23)30-26-19-24-14-6-7-16-27(24)29(21-26)17-8-2-5-12-22-10-3-1-4-11-22/h6-7,9,13-16,18-19,21-22H,1-5,8,10-12,17H2/q+1. The normalized spacial score (nSPS) is 14.6. The van der Waals surface area contributed by atoms with Gasteiger partial charge in [-0.05, 0) is 42.7 Å². The van der Waals surface area contributed by atoms with Gasteiger partial charge in [0.1, 0.15) is 6.54 Å². The molecule has 1 saturated carbocycles. The zero-order valence-corrected chi connectivity index (χ0v) is 18.5. The van der Waals surface area contributed by atoms with E-state index in [-0.39, 0.29) is 0 Å². The third-order valence-corrected chi connectivity index (χ3v) is 7.21. The summed E-state index contributed by atoms with van der Waals surface area (Å²) in [6.07, 6.45) is 14.9. The van der Waals surface area contributed by atoms with Crippen LogP contribution in [0.2, 0.25) is 0 Å². The van der Waals surface area contributed by atoms with Gasteiger partial charge < -0.3 is 0 Å². The molecule has 0 atom stereocenters. The van der Waals surface area contributed by atoms with Gasteiger partial charge in [-0.15, -0.1) is 0 Å². The van der Waals surface area contributed by atoms with Gasteiger partial charge in [0.15, 0.2) is 6.20 Å². The van der Waals surface area contributed by atoms with Crippen molar-refractivity contribution in [3.63, 3.8) is 0 Å². The van der Waals surface area contributed by atoms with Crippen molar-refractivity contribution in [3.05, 3.63) is 66.4 Å². The quantitative estimate of drug-likeness (QED) is 0.285. The van der Waals surface area contributed by atoms with E-state index in [9.17, 15) is 5.26 Å². The maximum Gasteiger partial charge on any atom is 0.212 e. The first kappa shape index (κ1) is 20.9. The van der Waals surface area contributed by atoms with Gasteiger partial charge in [0.25, 0.3) is 0 Å². The smallest absolute Gasteiger partial charge is 0.197 e. The predicted octanol–water partition coefficient (Wildman–Crippen LogP) is 7.29. The zero-order chi connectivity index (χ0) is 20.6. The van der Waals surface area contributed by atoms with E-state index >= 15 is 0 Å². The van der Waals surface area contributed by atoms with Crippen LogP contribution in [0.4, 0.5) is 0 Å². The van der Waals surface area contributed by atoms with Gasteiger partial charge in [0.05, 0.1) is 16.5 Å². The van der Waals surface area contributed by atoms with Crippen molar-refractivity contribution < 1.29 is 4.57 Å². The fourth-order valence-corrected chi connectivity index (χ4v) is 5.63. The molecule has 1 fully saturated rings. The summed E-state index contributed by atoms with van der Waals surface area (Å²) in [5.41, 5.74) is 2.02. The van der Waals surface area contributed by atoms with Crippen LogP contribution in [0.1, 0.15) is 63.4 Å². The summed E-state index contributed by atoms with van der Waals surface area (Å²) in [5.74, 6) is 0.996. The van der Waals surface area contributed by atoms with E-state index in [2.05, 4.69) is 53.2 Å². The molecule has 3 aromatic rings. The molecule has 1 heterocycles. The van der Waals surface area contributed by atoms with E-state index < -0.39 is 0 Å². The summed E-state index contributed by atoms with van der Waals surface area (Å²) in [4.78, 5) is 2.34. The molecule has 154 valence electrons.